The van der Waals surface area contributed by atoms with Crippen molar-refractivity contribution in [3.63, 3.8) is 0 Å². The maximum absolute atomic E-state index is 5.34. The van der Waals surface area contributed by atoms with Crippen molar-refractivity contribution in [3.8, 4) is 17.6 Å². The summed E-state index contributed by atoms with van der Waals surface area (Å²) in [4.78, 5) is 0. The molecule has 0 aromatic heterocycles. The second-order valence-corrected chi connectivity index (χ2v) is 4.58. The van der Waals surface area contributed by atoms with Gasteiger partial charge in [-0.15, -0.1) is 0 Å². The van der Waals surface area contributed by atoms with Crippen molar-refractivity contribution >= 4 is 0 Å². The predicted molar refractivity (Wildman–Crippen MR) is 65.3 cm³/mol. The molecule has 0 atom stereocenters. The van der Waals surface area contributed by atoms with Crippen LogP contribution in [0.25, 0.3) is 0 Å². The van der Waals surface area contributed by atoms with E-state index in [1.54, 1.807) is 7.11 Å². The Morgan fingerprint density at radius 3 is 2.62 bits per heavy atom. The van der Waals surface area contributed by atoms with E-state index in [0.29, 0.717) is 0 Å². The number of hydrogen-bond acceptors (Lipinski definition) is 2. The quantitative estimate of drug-likeness (QED) is 0.573. The fourth-order valence-electron chi connectivity index (χ4n) is 1.05. The van der Waals surface area contributed by atoms with Gasteiger partial charge >= 0.3 is 0 Å². The van der Waals surface area contributed by atoms with Crippen molar-refractivity contribution in [2.75, 3.05) is 13.9 Å². The first-order valence-electron chi connectivity index (χ1n) is 5.26. The average molecular weight is 218 g/mol. The zero-order valence-electron chi connectivity index (χ0n) is 10.3. The van der Waals surface area contributed by atoms with Gasteiger partial charge in [0.2, 0.25) is 0 Å². The predicted octanol–water partition coefficient (Wildman–Crippen LogP) is 3.07. The van der Waals surface area contributed by atoms with E-state index < -0.39 is 0 Å². The zero-order chi connectivity index (χ0) is 12.0. The second-order valence-electron chi connectivity index (χ2n) is 4.58. The molecular formula is C14H18O2. The van der Waals surface area contributed by atoms with Crippen LogP contribution in [0.15, 0.2) is 24.3 Å². The summed E-state index contributed by atoms with van der Waals surface area (Å²) in [6.07, 6.45) is 0. The molecule has 0 spiro atoms. The number of rotatable bonds is 3. The molecule has 0 N–H and O–H groups in total. The van der Waals surface area contributed by atoms with Crippen molar-refractivity contribution in [1.29, 1.82) is 0 Å². The topological polar surface area (TPSA) is 18.5 Å². The molecule has 0 aliphatic carbocycles. The van der Waals surface area contributed by atoms with E-state index in [4.69, 9.17) is 9.47 Å². The van der Waals surface area contributed by atoms with Gasteiger partial charge in [0.25, 0.3) is 0 Å². The van der Waals surface area contributed by atoms with Gasteiger partial charge in [-0.25, -0.2) is 0 Å². The highest BCUT2D eigenvalue weighted by Crippen LogP contribution is 2.14. The van der Waals surface area contributed by atoms with Crippen LogP contribution in [-0.2, 0) is 4.74 Å². The van der Waals surface area contributed by atoms with Gasteiger partial charge in [-0.2, -0.15) is 0 Å². The number of ether oxygens (including phenoxy) is 2. The Bertz CT molecular complexity index is 391. The number of hydrogen-bond donors (Lipinski definition) is 0. The van der Waals surface area contributed by atoms with Gasteiger partial charge in [0.05, 0.1) is 0 Å². The molecule has 0 saturated carbocycles. The Labute approximate surface area is 97.6 Å². The summed E-state index contributed by atoms with van der Waals surface area (Å²) in [7, 11) is 1.60. The Balaban J connectivity index is 2.77. The van der Waals surface area contributed by atoms with Gasteiger partial charge < -0.3 is 9.47 Å². The molecule has 0 amide bonds. The van der Waals surface area contributed by atoms with E-state index in [2.05, 4.69) is 32.6 Å². The lowest BCUT2D eigenvalue weighted by molar-refractivity contribution is 0.0511. The molecule has 0 aliphatic heterocycles. The molecule has 2 heteroatoms. The fourth-order valence-corrected chi connectivity index (χ4v) is 1.05. The minimum absolute atomic E-state index is 0.0173. The largest absolute Gasteiger partial charge is 0.468 e. The highest BCUT2D eigenvalue weighted by atomic mass is 16.7. The van der Waals surface area contributed by atoms with Crippen molar-refractivity contribution in [3.05, 3.63) is 29.8 Å². The van der Waals surface area contributed by atoms with Crippen LogP contribution in [-0.4, -0.2) is 13.9 Å². The Hall–Kier alpha value is -1.46. The lowest BCUT2D eigenvalue weighted by Gasteiger charge is -2.07. The summed E-state index contributed by atoms with van der Waals surface area (Å²) in [6.45, 7) is 6.53. The summed E-state index contributed by atoms with van der Waals surface area (Å²) >= 11 is 0. The molecule has 0 heterocycles. The molecule has 0 saturated heterocycles. The smallest absolute Gasteiger partial charge is 0.188 e. The van der Waals surface area contributed by atoms with E-state index in [0.717, 1.165) is 11.3 Å². The van der Waals surface area contributed by atoms with Crippen LogP contribution in [0.2, 0.25) is 0 Å². The summed E-state index contributed by atoms with van der Waals surface area (Å²) in [5.74, 6) is 7.10. The van der Waals surface area contributed by atoms with Crippen LogP contribution in [0.3, 0.4) is 0 Å². The van der Waals surface area contributed by atoms with Crippen LogP contribution < -0.4 is 4.74 Å². The molecule has 16 heavy (non-hydrogen) atoms. The van der Waals surface area contributed by atoms with Gasteiger partial charge in [-0.3, -0.25) is 0 Å². The van der Waals surface area contributed by atoms with Crippen molar-refractivity contribution in [2.45, 2.75) is 20.8 Å². The summed E-state index contributed by atoms with van der Waals surface area (Å²) in [6, 6.07) is 7.70. The molecule has 0 unspecified atom stereocenters. The van der Waals surface area contributed by atoms with Crippen LogP contribution in [0, 0.1) is 17.3 Å². The summed E-state index contributed by atoms with van der Waals surface area (Å²) in [5.41, 5.74) is 0.979. The maximum Gasteiger partial charge on any atom is 0.188 e. The first kappa shape index (κ1) is 12.6. The van der Waals surface area contributed by atoms with E-state index >= 15 is 0 Å². The van der Waals surface area contributed by atoms with E-state index in [1.165, 1.54) is 0 Å². The third-order valence-electron chi connectivity index (χ3n) is 1.76. The molecule has 0 fully saturated rings. The Kier molecular flexibility index (Phi) is 4.39. The van der Waals surface area contributed by atoms with E-state index in [1.807, 2.05) is 24.3 Å². The molecule has 0 aliphatic rings. The highest BCUT2D eigenvalue weighted by Gasteiger charge is 2.03. The molecule has 2 nitrogen and oxygen atoms in total. The zero-order valence-corrected chi connectivity index (χ0v) is 10.3. The molecule has 1 aromatic carbocycles. The summed E-state index contributed by atoms with van der Waals surface area (Å²) < 4.78 is 10.2. The van der Waals surface area contributed by atoms with Crippen LogP contribution in [0.5, 0.6) is 5.75 Å². The minimum Gasteiger partial charge on any atom is -0.468 e. The highest BCUT2D eigenvalue weighted by molar-refractivity contribution is 5.40. The normalized spacial score (nSPS) is 10.5. The van der Waals surface area contributed by atoms with Crippen molar-refractivity contribution in [1.82, 2.24) is 0 Å². The lowest BCUT2D eigenvalue weighted by Crippen LogP contribution is -2.00. The summed E-state index contributed by atoms with van der Waals surface area (Å²) in [5, 5.41) is 0. The Morgan fingerprint density at radius 1 is 1.25 bits per heavy atom. The average Bonchev–Trinajstić information content (AvgIpc) is 2.23. The molecule has 86 valence electrons. The monoisotopic (exact) mass is 218 g/mol. The van der Waals surface area contributed by atoms with Gasteiger partial charge in [0.1, 0.15) is 5.75 Å². The molecule has 1 rings (SSSR count). The first-order valence-corrected chi connectivity index (χ1v) is 5.26. The SMILES string of the molecule is COCOc1cccc(C#CC(C)(C)C)c1. The maximum atomic E-state index is 5.34. The van der Waals surface area contributed by atoms with Gasteiger partial charge in [0, 0.05) is 18.1 Å². The second kappa shape index (κ2) is 5.58. The van der Waals surface area contributed by atoms with E-state index in [9.17, 15) is 0 Å². The Morgan fingerprint density at radius 2 is 2.00 bits per heavy atom. The third kappa shape index (κ3) is 4.86. The number of methoxy groups -OCH3 is 1. The van der Waals surface area contributed by atoms with Crippen molar-refractivity contribution < 1.29 is 9.47 Å². The van der Waals surface area contributed by atoms with E-state index in [-0.39, 0.29) is 12.2 Å². The molecule has 1 aromatic rings. The van der Waals surface area contributed by atoms with Crippen LogP contribution in [0.4, 0.5) is 0 Å². The molecular weight excluding hydrogens is 200 g/mol. The minimum atomic E-state index is 0.0173. The standard InChI is InChI=1S/C14H18O2/c1-14(2,3)9-8-12-6-5-7-13(10-12)16-11-15-4/h5-7,10H,11H2,1-4H3. The third-order valence-corrected chi connectivity index (χ3v) is 1.76. The molecule has 0 radical (unpaired) electrons. The lowest BCUT2D eigenvalue weighted by atomic mass is 9.97. The first-order chi connectivity index (χ1) is 7.51. The van der Waals surface area contributed by atoms with Gasteiger partial charge in [0.15, 0.2) is 6.79 Å². The molecule has 0 bridgehead atoms. The fraction of sp³-hybridized carbons (Fsp3) is 0.429. The van der Waals surface area contributed by atoms with Gasteiger partial charge in [-0.05, 0) is 39.0 Å². The van der Waals surface area contributed by atoms with Crippen molar-refractivity contribution in [2.24, 2.45) is 5.41 Å². The number of benzene rings is 1. The van der Waals surface area contributed by atoms with Gasteiger partial charge in [-0.1, -0.05) is 17.9 Å². The van der Waals surface area contributed by atoms with Crippen LogP contribution in [0.1, 0.15) is 26.3 Å². The van der Waals surface area contributed by atoms with Crippen LogP contribution >= 0.6 is 0 Å².